The number of rotatable bonds is 8. The average molecular weight is 162 g/mol. The minimum Gasteiger partial charge on any atom is -0.103 e. The molecule has 0 nitrogen and oxygen atoms in total. The zero-order valence-electron chi connectivity index (χ0n) is 7.71. The van der Waals surface area contributed by atoms with Crippen LogP contribution in [0.2, 0.25) is 0 Å². The Kier molecular flexibility index (Phi) is 9.56. The molecule has 0 N–H and O–H groups in total. The normalized spacial score (nSPS) is 10.3. The maximum absolute atomic E-state index is 3.62. The van der Waals surface area contributed by atoms with Gasteiger partial charge in [0.25, 0.3) is 0 Å². The zero-order valence-corrected chi connectivity index (χ0v) is 7.71. The fraction of sp³-hybridized carbons (Fsp3) is 0.333. The van der Waals surface area contributed by atoms with Gasteiger partial charge in [0.1, 0.15) is 0 Å². The van der Waals surface area contributed by atoms with Crippen LogP contribution in [0.4, 0.5) is 0 Å². The summed E-state index contributed by atoms with van der Waals surface area (Å²) in [5.74, 6) is 0. The maximum atomic E-state index is 3.62. The molecular weight excluding hydrogens is 144 g/mol. The molecule has 0 fully saturated rings. The Morgan fingerprint density at radius 1 is 0.667 bits per heavy atom. The van der Waals surface area contributed by atoms with Crippen LogP contribution in [-0.4, -0.2) is 0 Å². The minimum atomic E-state index is 1.10. The number of allylic oxidation sites excluding steroid dienone is 4. The van der Waals surface area contributed by atoms with Crippen molar-refractivity contribution < 1.29 is 0 Å². The van der Waals surface area contributed by atoms with Gasteiger partial charge in [0.05, 0.1) is 0 Å². The topological polar surface area (TPSA) is 0 Å². The molecule has 0 saturated carbocycles. The first-order valence-corrected chi connectivity index (χ1v) is 4.45. The van der Waals surface area contributed by atoms with E-state index in [0.29, 0.717) is 0 Å². The van der Waals surface area contributed by atoms with Crippen LogP contribution in [0, 0.1) is 12.8 Å². The second-order valence-corrected chi connectivity index (χ2v) is 2.57. The molecule has 0 aromatic heterocycles. The third-order valence-corrected chi connectivity index (χ3v) is 1.50. The van der Waals surface area contributed by atoms with E-state index in [2.05, 4.69) is 38.2 Å². The van der Waals surface area contributed by atoms with Crippen LogP contribution in [0.1, 0.15) is 25.7 Å². The van der Waals surface area contributed by atoms with Gasteiger partial charge in [0, 0.05) is 0 Å². The number of hydrogen-bond donors (Lipinski definition) is 0. The van der Waals surface area contributed by atoms with Crippen molar-refractivity contribution >= 4 is 0 Å². The SMILES string of the molecule is C=C[CH]CC/C=C/CC[CH]C=C. The van der Waals surface area contributed by atoms with E-state index in [-0.39, 0.29) is 0 Å². The van der Waals surface area contributed by atoms with E-state index in [1.807, 2.05) is 12.2 Å². The van der Waals surface area contributed by atoms with Gasteiger partial charge in [0.2, 0.25) is 0 Å². The molecule has 0 aromatic carbocycles. The van der Waals surface area contributed by atoms with Gasteiger partial charge in [-0.05, 0) is 38.5 Å². The van der Waals surface area contributed by atoms with Gasteiger partial charge < -0.3 is 0 Å². The standard InChI is InChI=1S/C12H18/c1-3-5-7-9-11-12-10-8-6-4-2/h3-6,11-12H,1-2,7-10H2/b12-11+. The molecule has 0 amide bonds. The molecular formula is C12H18. The summed E-state index contributed by atoms with van der Waals surface area (Å²) in [6.07, 6.45) is 16.8. The molecule has 0 aliphatic heterocycles. The van der Waals surface area contributed by atoms with Gasteiger partial charge in [-0.1, -0.05) is 24.3 Å². The van der Waals surface area contributed by atoms with E-state index in [0.717, 1.165) is 25.7 Å². The lowest BCUT2D eigenvalue weighted by Crippen LogP contribution is -1.71. The number of unbranched alkanes of at least 4 members (excludes halogenated alkanes) is 4. The van der Waals surface area contributed by atoms with Crippen LogP contribution in [0.25, 0.3) is 0 Å². The van der Waals surface area contributed by atoms with Crippen molar-refractivity contribution in [2.45, 2.75) is 25.7 Å². The molecule has 12 heavy (non-hydrogen) atoms. The molecule has 66 valence electrons. The molecule has 0 atom stereocenters. The summed E-state index contributed by atoms with van der Waals surface area (Å²) in [7, 11) is 0. The van der Waals surface area contributed by atoms with Crippen LogP contribution < -0.4 is 0 Å². The Labute approximate surface area is 76.7 Å². The van der Waals surface area contributed by atoms with Gasteiger partial charge in [-0.2, -0.15) is 0 Å². The van der Waals surface area contributed by atoms with Crippen molar-refractivity contribution in [2.24, 2.45) is 0 Å². The second-order valence-electron chi connectivity index (χ2n) is 2.57. The van der Waals surface area contributed by atoms with Gasteiger partial charge in [0.15, 0.2) is 0 Å². The lowest BCUT2D eigenvalue weighted by atomic mass is 10.2. The third kappa shape index (κ3) is 9.22. The second kappa shape index (κ2) is 10.2. The Balaban J connectivity index is 3.02. The maximum Gasteiger partial charge on any atom is -0.0170 e. The highest BCUT2D eigenvalue weighted by atomic mass is 13.9. The lowest BCUT2D eigenvalue weighted by molar-refractivity contribution is 0.963. The molecule has 0 heterocycles. The summed E-state index contributed by atoms with van der Waals surface area (Å²) in [5, 5.41) is 0. The molecule has 0 spiro atoms. The smallest absolute Gasteiger partial charge is 0.0170 e. The molecule has 2 radical (unpaired) electrons. The van der Waals surface area contributed by atoms with Crippen molar-refractivity contribution in [3.8, 4) is 0 Å². The third-order valence-electron chi connectivity index (χ3n) is 1.50. The summed E-state index contributed by atoms with van der Waals surface area (Å²) < 4.78 is 0. The van der Waals surface area contributed by atoms with E-state index in [9.17, 15) is 0 Å². The van der Waals surface area contributed by atoms with Gasteiger partial charge in [-0.3, -0.25) is 0 Å². The van der Waals surface area contributed by atoms with E-state index in [1.54, 1.807) is 0 Å². The molecule has 0 saturated heterocycles. The van der Waals surface area contributed by atoms with Gasteiger partial charge >= 0.3 is 0 Å². The van der Waals surface area contributed by atoms with Crippen LogP contribution in [-0.2, 0) is 0 Å². The molecule has 0 aromatic rings. The lowest BCUT2D eigenvalue weighted by Gasteiger charge is -1.90. The first-order chi connectivity index (χ1) is 5.91. The molecule has 0 rings (SSSR count). The summed E-state index contributed by atoms with van der Waals surface area (Å²) in [6, 6.07) is 0. The van der Waals surface area contributed by atoms with Crippen LogP contribution >= 0.6 is 0 Å². The van der Waals surface area contributed by atoms with E-state index >= 15 is 0 Å². The van der Waals surface area contributed by atoms with Crippen molar-refractivity contribution in [3.63, 3.8) is 0 Å². The summed E-state index contributed by atoms with van der Waals surface area (Å²) in [6.45, 7) is 7.25. The largest absolute Gasteiger partial charge is 0.103 e. The summed E-state index contributed by atoms with van der Waals surface area (Å²) in [4.78, 5) is 0. The van der Waals surface area contributed by atoms with Crippen molar-refractivity contribution in [2.75, 3.05) is 0 Å². The Morgan fingerprint density at radius 2 is 1.08 bits per heavy atom. The Hall–Kier alpha value is -0.780. The fourth-order valence-electron chi connectivity index (χ4n) is 0.856. The average Bonchev–Trinajstić information content (AvgIpc) is 2.10. The molecule has 0 unspecified atom stereocenters. The molecule has 0 aliphatic rings. The highest BCUT2D eigenvalue weighted by Gasteiger charge is 1.81. The van der Waals surface area contributed by atoms with E-state index < -0.39 is 0 Å². The van der Waals surface area contributed by atoms with E-state index in [4.69, 9.17) is 0 Å². The summed E-state index contributed by atoms with van der Waals surface area (Å²) in [5.41, 5.74) is 0. The van der Waals surface area contributed by atoms with E-state index in [1.165, 1.54) is 0 Å². The minimum absolute atomic E-state index is 1.10. The molecule has 0 bridgehead atoms. The van der Waals surface area contributed by atoms with Crippen molar-refractivity contribution in [1.82, 2.24) is 0 Å². The fourth-order valence-corrected chi connectivity index (χ4v) is 0.856. The van der Waals surface area contributed by atoms with Gasteiger partial charge in [-0.25, -0.2) is 0 Å². The zero-order chi connectivity index (χ0) is 9.07. The summed E-state index contributed by atoms with van der Waals surface area (Å²) >= 11 is 0. The molecule has 0 aliphatic carbocycles. The highest BCUT2D eigenvalue weighted by Crippen LogP contribution is 1.99. The predicted octanol–water partition coefficient (Wildman–Crippen LogP) is 3.88. The van der Waals surface area contributed by atoms with Gasteiger partial charge in [-0.15, -0.1) is 13.2 Å². The Morgan fingerprint density at radius 3 is 1.42 bits per heavy atom. The number of hydrogen-bond acceptors (Lipinski definition) is 0. The predicted molar refractivity (Wildman–Crippen MR) is 56.6 cm³/mol. The first kappa shape index (κ1) is 11.2. The van der Waals surface area contributed by atoms with Crippen LogP contribution in [0.15, 0.2) is 37.5 Å². The van der Waals surface area contributed by atoms with Crippen LogP contribution in [0.3, 0.4) is 0 Å². The monoisotopic (exact) mass is 162 g/mol. The van der Waals surface area contributed by atoms with Crippen molar-refractivity contribution in [1.29, 1.82) is 0 Å². The quantitative estimate of drug-likeness (QED) is 0.375. The highest BCUT2D eigenvalue weighted by molar-refractivity contribution is 4.93. The van der Waals surface area contributed by atoms with Crippen LogP contribution in [0.5, 0.6) is 0 Å². The Bertz CT molecular complexity index is 115. The van der Waals surface area contributed by atoms with Crippen molar-refractivity contribution in [3.05, 3.63) is 50.3 Å². The molecule has 0 heteroatoms. The first-order valence-electron chi connectivity index (χ1n) is 4.45.